The van der Waals surface area contributed by atoms with Crippen LogP contribution in [0.2, 0.25) is 0 Å². The van der Waals surface area contributed by atoms with E-state index >= 15 is 0 Å². The van der Waals surface area contributed by atoms with Crippen molar-refractivity contribution in [3.63, 3.8) is 0 Å². The van der Waals surface area contributed by atoms with Gasteiger partial charge in [-0.05, 0) is 33.6 Å². The quantitative estimate of drug-likeness (QED) is 0.631. The molecule has 2 aromatic carbocycles. The molecule has 3 aromatic rings. The molecule has 0 aliphatic rings. The normalized spacial score (nSPS) is 11.4. The average molecular weight is 410 g/mol. The Kier molecular flexibility index (Phi) is 4.63. The van der Waals surface area contributed by atoms with Crippen molar-refractivity contribution in [2.75, 3.05) is 5.32 Å². The summed E-state index contributed by atoms with van der Waals surface area (Å²) in [6.07, 6.45) is -4.63. The maximum atomic E-state index is 13.3. The minimum Gasteiger partial charge on any atom is -0.305 e. The Labute approximate surface area is 149 Å². The fourth-order valence-corrected chi connectivity index (χ4v) is 2.81. The highest BCUT2D eigenvalue weighted by molar-refractivity contribution is 9.10. The lowest BCUT2D eigenvalue weighted by Gasteiger charge is -2.10. The third-order valence-corrected chi connectivity index (χ3v) is 4.15. The summed E-state index contributed by atoms with van der Waals surface area (Å²) in [5.74, 6) is -0.746. The Morgan fingerprint density at radius 2 is 1.68 bits per heavy atom. The maximum Gasteiger partial charge on any atom is 0.433 e. The van der Waals surface area contributed by atoms with Gasteiger partial charge in [0.05, 0.1) is 11.1 Å². The van der Waals surface area contributed by atoms with Gasteiger partial charge in [0, 0.05) is 4.47 Å². The molecule has 0 aliphatic heterocycles. The molecule has 0 atom stereocenters. The maximum absolute atomic E-state index is 13.3. The number of benzene rings is 2. The molecule has 25 heavy (non-hydrogen) atoms. The monoisotopic (exact) mass is 409 g/mol. The number of hydrogen-bond donors (Lipinski definition) is 2. The van der Waals surface area contributed by atoms with Crippen LogP contribution < -0.4 is 5.32 Å². The highest BCUT2D eigenvalue weighted by Gasteiger charge is 2.38. The number of rotatable bonds is 3. The number of nitrogens with zero attached hydrogens (tertiary/aromatic N) is 1. The zero-order chi connectivity index (χ0) is 18.0. The molecular weight excluding hydrogens is 399 g/mol. The Bertz CT molecular complexity index is 907. The number of hydrogen-bond acceptors (Lipinski definition) is 2. The number of amides is 1. The first kappa shape index (κ1) is 17.2. The molecule has 0 bridgehead atoms. The third kappa shape index (κ3) is 3.58. The minimum absolute atomic E-state index is 0.181. The molecule has 0 aliphatic carbocycles. The molecular formula is C17H11BrF3N3O. The van der Waals surface area contributed by atoms with Crippen LogP contribution in [0, 0.1) is 0 Å². The van der Waals surface area contributed by atoms with E-state index in [1.54, 1.807) is 42.5 Å². The third-order valence-electron chi connectivity index (χ3n) is 3.46. The van der Waals surface area contributed by atoms with Crippen LogP contribution in [0.3, 0.4) is 0 Å². The highest BCUT2D eigenvalue weighted by Crippen LogP contribution is 2.39. The van der Waals surface area contributed by atoms with Gasteiger partial charge in [-0.1, -0.05) is 42.5 Å². The predicted molar refractivity (Wildman–Crippen MR) is 91.1 cm³/mol. The highest BCUT2D eigenvalue weighted by atomic mass is 79.9. The lowest BCUT2D eigenvalue weighted by molar-refractivity contribution is -0.140. The van der Waals surface area contributed by atoms with Gasteiger partial charge in [-0.2, -0.15) is 18.3 Å². The number of anilines is 1. The summed E-state index contributed by atoms with van der Waals surface area (Å²) in [4.78, 5) is 12.4. The van der Waals surface area contributed by atoms with Gasteiger partial charge < -0.3 is 5.32 Å². The largest absolute Gasteiger partial charge is 0.433 e. The first-order valence-electron chi connectivity index (χ1n) is 7.15. The molecule has 0 saturated heterocycles. The SMILES string of the molecule is O=C(Nc1n[nH]c(C(F)(F)F)c1-c1ccccc1)c1ccccc1Br. The molecule has 4 nitrogen and oxygen atoms in total. The zero-order valence-corrected chi connectivity index (χ0v) is 14.1. The minimum atomic E-state index is -4.63. The second-order valence-electron chi connectivity index (χ2n) is 5.12. The van der Waals surface area contributed by atoms with Crippen LogP contribution in [-0.4, -0.2) is 16.1 Å². The first-order valence-corrected chi connectivity index (χ1v) is 7.94. The number of alkyl halides is 3. The van der Waals surface area contributed by atoms with Gasteiger partial charge in [-0.15, -0.1) is 0 Å². The van der Waals surface area contributed by atoms with Gasteiger partial charge in [-0.25, -0.2) is 0 Å². The molecule has 1 heterocycles. The van der Waals surface area contributed by atoms with Crippen LogP contribution in [0.4, 0.5) is 19.0 Å². The molecule has 3 rings (SSSR count). The van der Waals surface area contributed by atoms with Gasteiger partial charge in [0.2, 0.25) is 0 Å². The topological polar surface area (TPSA) is 57.8 Å². The summed E-state index contributed by atoms with van der Waals surface area (Å²) in [6, 6.07) is 14.6. The van der Waals surface area contributed by atoms with Crippen molar-refractivity contribution in [3.05, 3.63) is 70.3 Å². The van der Waals surface area contributed by atoms with Crippen molar-refractivity contribution in [2.24, 2.45) is 0 Å². The van der Waals surface area contributed by atoms with Crippen LogP contribution in [0.15, 0.2) is 59.1 Å². The molecule has 0 saturated carbocycles. The van der Waals surface area contributed by atoms with Crippen LogP contribution in [-0.2, 0) is 6.18 Å². The molecule has 2 N–H and O–H groups in total. The van der Waals surface area contributed by atoms with Crippen molar-refractivity contribution >= 4 is 27.7 Å². The zero-order valence-electron chi connectivity index (χ0n) is 12.6. The second kappa shape index (κ2) is 6.72. The number of carbonyl (C=O) groups excluding carboxylic acids is 1. The van der Waals surface area contributed by atoms with Crippen LogP contribution in [0.1, 0.15) is 16.1 Å². The van der Waals surface area contributed by atoms with E-state index < -0.39 is 17.8 Å². The van der Waals surface area contributed by atoms with E-state index in [2.05, 4.69) is 26.3 Å². The molecule has 1 amide bonds. The van der Waals surface area contributed by atoms with Gasteiger partial charge in [0.15, 0.2) is 5.82 Å². The summed E-state index contributed by atoms with van der Waals surface area (Å²) < 4.78 is 40.4. The number of nitrogens with one attached hydrogen (secondary N) is 2. The summed E-state index contributed by atoms with van der Waals surface area (Å²) in [5.41, 5.74) is -0.626. The van der Waals surface area contributed by atoms with Crippen molar-refractivity contribution in [2.45, 2.75) is 6.18 Å². The fraction of sp³-hybridized carbons (Fsp3) is 0.0588. The molecule has 0 radical (unpaired) electrons. The van der Waals surface area contributed by atoms with Crippen molar-refractivity contribution in [1.82, 2.24) is 10.2 Å². The van der Waals surface area contributed by atoms with Crippen LogP contribution >= 0.6 is 15.9 Å². The summed E-state index contributed by atoms with van der Waals surface area (Å²) >= 11 is 3.24. The van der Waals surface area contributed by atoms with Crippen LogP contribution in [0.25, 0.3) is 11.1 Å². The Morgan fingerprint density at radius 3 is 2.32 bits per heavy atom. The van der Waals surface area contributed by atoms with E-state index in [-0.39, 0.29) is 16.9 Å². The first-order chi connectivity index (χ1) is 11.9. The number of H-pyrrole nitrogens is 1. The second-order valence-corrected chi connectivity index (χ2v) is 5.97. The van der Waals surface area contributed by atoms with E-state index in [1.165, 1.54) is 12.1 Å². The Morgan fingerprint density at radius 1 is 1.04 bits per heavy atom. The number of carbonyl (C=O) groups is 1. The molecule has 0 spiro atoms. The summed E-state index contributed by atoms with van der Waals surface area (Å²) in [6.45, 7) is 0. The Hall–Kier alpha value is -2.61. The summed E-state index contributed by atoms with van der Waals surface area (Å²) in [7, 11) is 0. The standard InChI is InChI=1S/C17H11BrF3N3O/c18-12-9-5-4-8-11(12)16(25)22-15-13(10-6-2-1-3-7-10)14(23-24-15)17(19,20)21/h1-9H,(H2,22,23,24,25). The van der Waals surface area contributed by atoms with Crippen molar-refractivity contribution in [3.8, 4) is 11.1 Å². The van der Waals surface area contributed by atoms with Gasteiger partial charge in [0.1, 0.15) is 5.69 Å². The lowest BCUT2D eigenvalue weighted by Crippen LogP contribution is -2.14. The number of halogens is 4. The van der Waals surface area contributed by atoms with Gasteiger partial charge >= 0.3 is 6.18 Å². The Balaban J connectivity index is 2.04. The van der Waals surface area contributed by atoms with E-state index in [4.69, 9.17) is 0 Å². The predicted octanol–water partition coefficient (Wildman–Crippen LogP) is 5.11. The van der Waals surface area contributed by atoms with E-state index in [0.29, 0.717) is 10.0 Å². The molecule has 1 aromatic heterocycles. The number of aromatic nitrogens is 2. The van der Waals surface area contributed by atoms with E-state index in [0.717, 1.165) is 0 Å². The van der Waals surface area contributed by atoms with Crippen molar-refractivity contribution < 1.29 is 18.0 Å². The van der Waals surface area contributed by atoms with E-state index in [1.807, 2.05) is 5.10 Å². The van der Waals surface area contributed by atoms with Crippen LogP contribution in [0.5, 0.6) is 0 Å². The molecule has 0 unspecified atom stereocenters. The van der Waals surface area contributed by atoms with E-state index in [9.17, 15) is 18.0 Å². The molecule has 128 valence electrons. The smallest absolute Gasteiger partial charge is 0.305 e. The lowest BCUT2D eigenvalue weighted by atomic mass is 10.0. The summed E-state index contributed by atoms with van der Waals surface area (Å²) in [5, 5.41) is 8.09. The average Bonchev–Trinajstić information content (AvgIpc) is 3.00. The fourth-order valence-electron chi connectivity index (χ4n) is 2.34. The van der Waals surface area contributed by atoms with Gasteiger partial charge in [0.25, 0.3) is 5.91 Å². The van der Waals surface area contributed by atoms with Gasteiger partial charge in [-0.3, -0.25) is 9.89 Å². The molecule has 8 heteroatoms. The number of aromatic amines is 1. The molecule has 0 fully saturated rings. The van der Waals surface area contributed by atoms with Crippen molar-refractivity contribution in [1.29, 1.82) is 0 Å².